The summed E-state index contributed by atoms with van der Waals surface area (Å²) in [5.41, 5.74) is 0.672. The zero-order valence-electron chi connectivity index (χ0n) is 8.86. The average Bonchev–Trinajstić information content (AvgIpc) is 2.24. The molecular weight excluding hydrogens is 276 g/mol. The highest BCUT2D eigenvalue weighted by Crippen LogP contribution is 2.25. The normalized spacial score (nSPS) is 11.6. The second kappa shape index (κ2) is 6.36. The van der Waals surface area contributed by atoms with Gasteiger partial charge < -0.3 is 4.74 Å². The Bertz CT molecular complexity index is 366. The van der Waals surface area contributed by atoms with E-state index in [1.54, 1.807) is 18.2 Å². The van der Waals surface area contributed by atoms with Gasteiger partial charge in [-0.15, -0.1) is 11.6 Å². The van der Waals surface area contributed by atoms with Gasteiger partial charge >= 0.3 is 6.18 Å². The van der Waals surface area contributed by atoms with Crippen LogP contribution >= 0.6 is 23.2 Å². The van der Waals surface area contributed by atoms with E-state index in [9.17, 15) is 13.2 Å². The van der Waals surface area contributed by atoms with Crippen molar-refractivity contribution in [1.82, 2.24) is 0 Å². The summed E-state index contributed by atoms with van der Waals surface area (Å²) >= 11 is 11.4. The first-order valence-corrected chi connectivity index (χ1v) is 5.87. The molecule has 0 heterocycles. The minimum absolute atomic E-state index is 0.00499. The Kier molecular flexibility index (Phi) is 5.40. The molecule has 0 saturated carbocycles. The van der Waals surface area contributed by atoms with Gasteiger partial charge in [0, 0.05) is 17.0 Å². The molecule has 0 N–H and O–H groups in total. The van der Waals surface area contributed by atoms with E-state index in [-0.39, 0.29) is 18.9 Å². The third kappa shape index (κ3) is 5.50. The maximum Gasteiger partial charge on any atom is 0.389 e. The van der Waals surface area contributed by atoms with Gasteiger partial charge in [0.1, 0.15) is 5.75 Å². The number of benzene rings is 1. The number of halogens is 5. The fourth-order valence-electron chi connectivity index (χ4n) is 1.25. The smallest absolute Gasteiger partial charge is 0.389 e. The summed E-state index contributed by atoms with van der Waals surface area (Å²) in [4.78, 5) is 0. The van der Waals surface area contributed by atoms with Crippen molar-refractivity contribution in [2.24, 2.45) is 0 Å². The predicted octanol–water partition coefficient (Wildman–Crippen LogP) is 4.80. The van der Waals surface area contributed by atoms with Crippen LogP contribution < -0.4 is 4.74 Å². The predicted molar refractivity (Wildman–Crippen MR) is 61.8 cm³/mol. The Hall–Kier alpha value is -0.610. The molecule has 0 radical (unpaired) electrons. The van der Waals surface area contributed by atoms with Crippen LogP contribution in [0.3, 0.4) is 0 Å². The summed E-state index contributed by atoms with van der Waals surface area (Å²) in [6.45, 7) is 0.00499. The van der Waals surface area contributed by atoms with E-state index >= 15 is 0 Å². The average molecular weight is 287 g/mol. The van der Waals surface area contributed by atoms with Gasteiger partial charge in [-0.3, -0.25) is 0 Å². The van der Waals surface area contributed by atoms with E-state index in [1.165, 1.54) is 0 Å². The van der Waals surface area contributed by atoms with Crippen LogP contribution in [0.25, 0.3) is 0 Å². The number of ether oxygens (including phenoxy) is 1. The lowest BCUT2D eigenvalue weighted by Gasteiger charge is -2.11. The molecule has 0 fully saturated rings. The van der Waals surface area contributed by atoms with Crippen molar-refractivity contribution in [2.75, 3.05) is 6.61 Å². The van der Waals surface area contributed by atoms with Crippen LogP contribution in [0.1, 0.15) is 18.4 Å². The Morgan fingerprint density at radius 1 is 1.24 bits per heavy atom. The fourth-order valence-corrected chi connectivity index (χ4v) is 1.65. The van der Waals surface area contributed by atoms with Gasteiger partial charge in [0.05, 0.1) is 12.5 Å². The maximum atomic E-state index is 11.9. The molecule has 0 bridgehead atoms. The highest BCUT2D eigenvalue weighted by atomic mass is 35.5. The molecule has 0 aliphatic carbocycles. The van der Waals surface area contributed by atoms with Crippen LogP contribution in [0.4, 0.5) is 13.2 Å². The largest absolute Gasteiger partial charge is 0.493 e. The molecule has 0 unspecified atom stereocenters. The highest BCUT2D eigenvalue weighted by Gasteiger charge is 2.26. The molecule has 0 spiro atoms. The van der Waals surface area contributed by atoms with Crippen molar-refractivity contribution in [3.63, 3.8) is 0 Å². The van der Waals surface area contributed by atoms with E-state index in [1.807, 2.05) is 0 Å². The Morgan fingerprint density at radius 3 is 2.53 bits per heavy atom. The molecule has 6 heteroatoms. The van der Waals surface area contributed by atoms with Crippen LogP contribution in [0.15, 0.2) is 18.2 Å². The lowest BCUT2D eigenvalue weighted by molar-refractivity contribution is -0.136. The molecule has 1 rings (SSSR count). The first-order chi connectivity index (χ1) is 7.92. The van der Waals surface area contributed by atoms with E-state index in [2.05, 4.69) is 0 Å². The van der Waals surface area contributed by atoms with Gasteiger partial charge in [0.2, 0.25) is 0 Å². The minimum Gasteiger partial charge on any atom is -0.493 e. The summed E-state index contributed by atoms with van der Waals surface area (Å²) in [5, 5.41) is 0.517. The Labute approximate surface area is 107 Å². The highest BCUT2D eigenvalue weighted by molar-refractivity contribution is 6.30. The molecule has 0 amide bonds. The standard InChI is InChI=1S/C11H11Cl2F3O/c12-7-8-6-9(13)2-3-10(8)17-5-1-4-11(14,15)16/h2-3,6H,1,4-5,7H2. The summed E-state index contributed by atoms with van der Waals surface area (Å²) in [6, 6.07) is 4.85. The van der Waals surface area contributed by atoms with Crippen molar-refractivity contribution < 1.29 is 17.9 Å². The SMILES string of the molecule is FC(F)(F)CCCOc1ccc(Cl)cc1CCl. The molecular formula is C11H11Cl2F3O. The van der Waals surface area contributed by atoms with E-state index < -0.39 is 12.6 Å². The molecule has 0 aromatic heterocycles. The summed E-state index contributed by atoms with van der Waals surface area (Å²) in [6.07, 6.45) is -5.07. The quantitative estimate of drug-likeness (QED) is 0.558. The summed E-state index contributed by atoms with van der Waals surface area (Å²) < 4.78 is 40.9. The maximum absolute atomic E-state index is 11.9. The van der Waals surface area contributed by atoms with E-state index in [0.717, 1.165) is 0 Å². The lowest BCUT2D eigenvalue weighted by Crippen LogP contribution is -2.10. The minimum atomic E-state index is -4.14. The summed E-state index contributed by atoms with van der Waals surface area (Å²) in [7, 11) is 0. The van der Waals surface area contributed by atoms with Gasteiger partial charge in [0.25, 0.3) is 0 Å². The molecule has 1 aromatic carbocycles. The first kappa shape index (κ1) is 14.5. The van der Waals surface area contributed by atoms with E-state index in [4.69, 9.17) is 27.9 Å². The van der Waals surface area contributed by atoms with Crippen LogP contribution in [0, 0.1) is 0 Å². The van der Waals surface area contributed by atoms with Gasteiger partial charge in [-0.25, -0.2) is 0 Å². The van der Waals surface area contributed by atoms with Crippen LogP contribution in [0.5, 0.6) is 5.75 Å². The Morgan fingerprint density at radius 2 is 1.94 bits per heavy atom. The molecule has 0 atom stereocenters. The topological polar surface area (TPSA) is 9.23 Å². The van der Waals surface area contributed by atoms with Crippen molar-refractivity contribution in [3.8, 4) is 5.75 Å². The van der Waals surface area contributed by atoms with Crippen molar-refractivity contribution >= 4 is 23.2 Å². The van der Waals surface area contributed by atoms with Crippen molar-refractivity contribution in [3.05, 3.63) is 28.8 Å². The van der Waals surface area contributed by atoms with Crippen LogP contribution in [0.2, 0.25) is 5.02 Å². The number of hydrogen-bond donors (Lipinski definition) is 0. The molecule has 1 nitrogen and oxygen atoms in total. The molecule has 96 valence electrons. The molecule has 17 heavy (non-hydrogen) atoms. The van der Waals surface area contributed by atoms with Gasteiger partial charge in [0.15, 0.2) is 0 Å². The first-order valence-electron chi connectivity index (χ1n) is 4.96. The molecule has 0 saturated heterocycles. The second-order valence-corrected chi connectivity index (χ2v) is 4.16. The van der Waals surface area contributed by atoms with Crippen LogP contribution in [-0.2, 0) is 5.88 Å². The zero-order valence-corrected chi connectivity index (χ0v) is 10.4. The number of rotatable bonds is 5. The fraction of sp³-hybridized carbons (Fsp3) is 0.455. The van der Waals surface area contributed by atoms with E-state index in [0.29, 0.717) is 16.3 Å². The molecule has 0 aliphatic rings. The monoisotopic (exact) mass is 286 g/mol. The Balaban J connectivity index is 2.46. The number of hydrogen-bond acceptors (Lipinski definition) is 1. The summed E-state index contributed by atoms with van der Waals surface area (Å²) in [5.74, 6) is 0.682. The zero-order chi connectivity index (χ0) is 12.9. The van der Waals surface area contributed by atoms with Crippen molar-refractivity contribution in [1.29, 1.82) is 0 Å². The number of alkyl halides is 4. The third-order valence-corrected chi connectivity index (χ3v) is 2.55. The van der Waals surface area contributed by atoms with Gasteiger partial charge in [-0.05, 0) is 24.6 Å². The van der Waals surface area contributed by atoms with Crippen LogP contribution in [-0.4, -0.2) is 12.8 Å². The second-order valence-electron chi connectivity index (χ2n) is 3.45. The molecule has 1 aromatic rings. The van der Waals surface area contributed by atoms with Gasteiger partial charge in [-0.2, -0.15) is 13.2 Å². The molecule has 0 aliphatic heterocycles. The third-order valence-electron chi connectivity index (χ3n) is 2.03. The lowest BCUT2D eigenvalue weighted by atomic mass is 10.2. The van der Waals surface area contributed by atoms with Gasteiger partial charge in [-0.1, -0.05) is 11.6 Å². The van der Waals surface area contributed by atoms with Crippen molar-refractivity contribution in [2.45, 2.75) is 24.9 Å².